The van der Waals surface area contributed by atoms with Gasteiger partial charge in [-0.1, -0.05) is 0 Å². The molecule has 1 rings (SSSR count). The summed E-state index contributed by atoms with van der Waals surface area (Å²) in [6.07, 6.45) is 0.441. The summed E-state index contributed by atoms with van der Waals surface area (Å²) in [5, 5.41) is 9.87. The number of rotatable bonds is 4. The summed E-state index contributed by atoms with van der Waals surface area (Å²) in [6, 6.07) is 1.51. The number of aryl methyl sites for hydroxylation is 1. The second kappa shape index (κ2) is 5.34. The van der Waals surface area contributed by atoms with E-state index in [-0.39, 0.29) is 23.5 Å². The highest BCUT2D eigenvalue weighted by atomic mass is 16.5. The zero-order chi connectivity index (χ0) is 13.0. The van der Waals surface area contributed by atoms with Crippen molar-refractivity contribution in [3.8, 4) is 11.5 Å². The van der Waals surface area contributed by atoms with Gasteiger partial charge in [0.15, 0.2) is 6.29 Å². The molecule has 1 aromatic rings. The van der Waals surface area contributed by atoms with Gasteiger partial charge in [-0.05, 0) is 25.5 Å². The molecule has 0 saturated heterocycles. The Kier molecular flexibility index (Phi) is 4.09. The lowest BCUT2D eigenvalue weighted by atomic mass is 10.0. The predicted molar refractivity (Wildman–Crippen MR) is 60.7 cm³/mol. The number of carbonyl (C=O) groups is 2. The minimum absolute atomic E-state index is 0.00486. The molecular weight excluding hydrogens is 224 g/mol. The molecule has 0 atom stereocenters. The molecule has 92 valence electrons. The molecule has 0 fully saturated rings. The van der Waals surface area contributed by atoms with E-state index in [9.17, 15) is 14.7 Å². The van der Waals surface area contributed by atoms with Gasteiger partial charge in [0, 0.05) is 0 Å². The Bertz CT molecular complexity index is 451. The fraction of sp³-hybridized carbons (Fsp3) is 0.333. The first-order valence-electron chi connectivity index (χ1n) is 5.09. The highest BCUT2D eigenvalue weighted by Crippen LogP contribution is 2.33. The van der Waals surface area contributed by atoms with Gasteiger partial charge in [-0.3, -0.25) is 4.79 Å². The molecule has 0 aliphatic carbocycles. The Morgan fingerprint density at radius 2 is 2.18 bits per heavy atom. The fourth-order valence-electron chi connectivity index (χ4n) is 1.53. The van der Waals surface area contributed by atoms with Crippen LogP contribution in [0.2, 0.25) is 0 Å². The molecular formula is C12H14O5. The molecule has 0 aromatic heterocycles. The summed E-state index contributed by atoms with van der Waals surface area (Å²) in [5.41, 5.74) is 0.430. The third-order valence-electron chi connectivity index (χ3n) is 2.32. The number of ether oxygens (including phenoxy) is 2. The highest BCUT2D eigenvalue weighted by Gasteiger charge is 2.21. The largest absolute Gasteiger partial charge is 0.506 e. The summed E-state index contributed by atoms with van der Waals surface area (Å²) in [5.74, 6) is -0.841. The summed E-state index contributed by atoms with van der Waals surface area (Å²) >= 11 is 0. The van der Waals surface area contributed by atoms with Crippen molar-refractivity contribution in [1.29, 1.82) is 0 Å². The van der Waals surface area contributed by atoms with E-state index in [1.807, 2.05) is 0 Å². The molecule has 0 unspecified atom stereocenters. The first-order valence-corrected chi connectivity index (χ1v) is 5.09. The van der Waals surface area contributed by atoms with Crippen molar-refractivity contribution in [3.63, 3.8) is 0 Å². The standard InChI is InChI=1S/C12H14O5/c1-4-17-12(15)10-7(2)5-9(16-3)8(6-13)11(10)14/h5-6,14H,4H2,1-3H3. The summed E-state index contributed by atoms with van der Waals surface area (Å²) < 4.78 is 9.76. The average Bonchev–Trinajstić information content (AvgIpc) is 2.28. The van der Waals surface area contributed by atoms with Crippen molar-refractivity contribution in [2.75, 3.05) is 13.7 Å². The van der Waals surface area contributed by atoms with Crippen LogP contribution in [0.15, 0.2) is 6.07 Å². The maximum atomic E-state index is 11.6. The molecule has 0 bridgehead atoms. The van der Waals surface area contributed by atoms with Gasteiger partial charge >= 0.3 is 5.97 Å². The second-order valence-corrected chi connectivity index (χ2v) is 3.37. The van der Waals surface area contributed by atoms with Gasteiger partial charge in [0.05, 0.1) is 19.3 Å². The number of hydrogen-bond donors (Lipinski definition) is 1. The van der Waals surface area contributed by atoms with Crippen molar-refractivity contribution in [2.24, 2.45) is 0 Å². The third-order valence-corrected chi connectivity index (χ3v) is 2.32. The third kappa shape index (κ3) is 2.38. The van der Waals surface area contributed by atoms with E-state index in [0.29, 0.717) is 11.8 Å². The van der Waals surface area contributed by atoms with Crippen LogP contribution in [0.5, 0.6) is 11.5 Å². The van der Waals surface area contributed by atoms with E-state index >= 15 is 0 Å². The second-order valence-electron chi connectivity index (χ2n) is 3.37. The number of benzene rings is 1. The van der Waals surface area contributed by atoms with Gasteiger partial charge < -0.3 is 14.6 Å². The molecule has 0 amide bonds. The number of aromatic hydroxyl groups is 1. The van der Waals surface area contributed by atoms with E-state index in [0.717, 1.165) is 0 Å². The quantitative estimate of drug-likeness (QED) is 0.638. The Morgan fingerprint density at radius 3 is 2.65 bits per heavy atom. The molecule has 0 spiro atoms. The van der Waals surface area contributed by atoms with E-state index in [1.54, 1.807) is 13.8 Å². The van der Waals surface area contributed by atoms with E-state index in [4.69, 9.17) is 9.47 Å². The highest BCUT2D eigenvalue weighted by molar-refractivity contribution is 5.99. The first kappa shape index (κ1) is 13.0. The van der Waals surface area contributed by atoms with Crippen molar-refractivity contribution >= 4 is 12.3 Å². The zero-order valence-corrected chi connectivity index (χ0v) is 9.94. The van der Waals surface area contributed by atoms with E-state index in [2.05, 4.69) is 0 Å². The summed E-state index contributed by atoms with van der Waals surface area (Å²) in [7, 11) is 1.38. The van der Waals surface area contributed by atoms with E-state index in [1.165, 1.54) is 13.2 Å². The molecule has 0 aliphatic heterocycles. The van der Waals surface area contributed by atoms with Crippen molar-refractivity contribution in [1.82, 2.24) is 0 Å². The number of aldehydes is 1. The fourth-order valence-corrected chi connectivity index (χ4v) is 1.53. The molecule has 1 N–H and O–H groups in total. The smallest absolute Gasteiger partial charge is 0.342 e. The predicted octanol–water partition coefficient (Wildman–Crippen LogP) is 1.70. The number of phenols is 1. The van der Waals surface area contributed by atoms with Crippen molar-refractivity contribution in [3.05, 3.63) is 22.8 Å². The van der Waals surface area contributed by atoms with Crippen molar-refractivity contribution < 1.29 is 24.2 Å². The molecule has 0 aliphatic rings. The lowest BCUT2D eigenvalue weighted by Crippen LogP contribution is -2.09. The molecule has 1 aromatic carbocycles. The molecule has 0 saturated carbocycles. The van der Waals surface area contributed by atoms with Crippen LogP contribution in [-0.2, 0) is 4.74 Å². The number of esters is 1. The van der Waals surface area contributed by atoms with Crippen LogP contribution in [0.3, 0.4) is 0 Å². The molecule has 5 nitrogen and oxygen atoms in total. The zero-order valence-electron chi connectivity index (χ0n) is 9.94. The Hall–Kier alpha value is -2.04. The number of carbonyl (C=O) groups excluding carboxylic acids is 2. The van der Waals surface area contributed by atoms with Gasteiger partial charge in [0.25, 0.3) is 0 Å². The maximum Gasteiger partial charge on any atom is 0.342 e. The summed E-state index contributed by atoms with van der Waals surface area (Å²) in [4.78, 5) is 22.5. The average molecular weight is 238 g/mol. The Morgan fingerprint density at radius 1 is 1.53 bits per heavy atom. The molecule has 17 heavy (non-hydrogen) atoms. The molecule has 0 heterocycles. The monoisotopic (exact) mass is 238 g/mol. The van der Waals surface area contributed by atoms with Gasteiger partial charge in [-0.25, -0.2) is 4.79 Å². The minimum atomic E-state index is -0.659. The van der Waals surface area contributed by atoms with Crippen LogP contribution in [0.1, 0.15) is 33.2 Å². The minimum Gasteiger partial charge on any atom is -0.506 e. The Labute approximate surface area is 99.0 Å². The maximum absolute atomic E-state index is 11.6. The molecule has 5 heteroatoms. The van der Waals surface area contributed by atoms with Crippen LogP contribution < -0.4 is 4.74 Å². The van der Waals surface area contributed by atoms with Crippen LogP contribution in [0.4, 0.5) is 0 Å². The van der Waals surface area contributed by atoms with E-state index < -0.39 is 11.7 Å². The topological polar surface area (TPSA) is 72.8 Å². The SMILES string of the molecule is CCOC(=O)c1c(C)cc(OC)c(C=O)c1O. The number of methoxy groups -OCH3 is 1. The number of hydrogen-bond acceptors (Lipinski definition) is 5. The van der Waals surface area contributed by atoms with Crippen LogP contribution >= 0.6 is 0 Å². The van der Waals surface area contributed by atoms with Crippen LogP contribution in [-0.4, -0.2) is 31.1 Å². The molecule has 0 radical (unpaired) electrons. The van der Waals surface area contributed by atoms with Gasteiger partial charge in [-0.15, -0.1) is 0 Å². The first-order chi connectivity index (χ1) is 8.06. The normalized spacial score (nSPS) is 9.82. The Balaban J connectivity index is 3.41. The van der Waals surface area contributed by atoms with Crippen LogP contribution in [0.25, 0.3) is 0 Å². The summed E-state index contributed by atoms with van der Waals surface area (Å²) in [6.45, 7) is 3.48. The van der Waals surface area contributed by atoms with Gasteiger partial charge in [0.1, 0.15) is 17.1 Å². The lowest BCUT2D eigenvalue weighted by Gasteiger charge is -2.12. The van der Waals surface area contributed by atoms with Gasteiger partial charge in [-0.2, -0.15) is 0 Å². The lowest BCUT2D eigenvalue weighted by molar-refractivity contribution is 0.0522. The van der Waals surface area contributed by atoms with Gasteiger partial charge in [0.2, 0.25) is 0 Å². The van der Waals surface area contributed by atoms with Crippen LogP contribution in [0, 0.1) is 6.92 Å². The van der Waals surface area contributed by atoms with Crippen molar-refractivity contribution in [2.45, 2.75) is 13.8 Å². The number of phenolic OH excluding ortho intramolecular Hbond substituents is 1.